The van der Waals surface area contributed by atoms with Gasteiger partial charge in [0, 0.05) is 13.1 Å². The van der Waals surface area contributed by atoms with Crippen molar-refractivity contribution in [3.8, 4) is 24.2 Å². The van der Waals surface area contributed by atoms with Crippen LogP contribution in [0.25, 0.3) is 0 Å². The van der Waals surface area contributed by atoms with Crippen molar-refractivity contribution in [2.24, 2.45) is 0 Å². The van der Waals surface area contributed by atoms with Gasteiger partial charge in [0.1, 0.15) is 0 Å². The van der Waals surface area contributed by atoms with E-state index in [4.69, 9.17) is 6.42 Å². The second-order valence-corrected chi connectivity index (χ2v) is 4.89. The Morgan fingerprint density at radius 2 is 1.27 bits per heavy atom. The van der Waals surface area contributed by atoms with Crippen molar-refractivity contribution >= 4 is 0 Å². The molecule has 22 heavy (non-hydrogen) atoms. The van der Waals surface area contributed by atoms with Crippen molar-refractivity contribution in [2.75, 3.05) is 39.3 Å². The largest absolute Gasteiger partial charge is 0.379 e. The summed E-state index contributed by atoms with van der Waals surface area (Å²) < 4.78 is 0. The van der Waals surface area contributed by atoms with E-state index in [2.05, 4.69) is 52.2 Å². The maximum atomic E-state index is 5.19. The van der Waals surface area contributed by atoms with E-state index in [9.17, 15) is 0 Å². The summed E-state index contributed by atoms with van der Waals surface area (Å²) >= 11 is 0. The Morgan fingerprint density at radius 3 is 1.73 bits per heavy atom. The van der Waals surface area contributed by atoms with Crippen molar-refractivity contribution in [2.45, 2.75) is 26.2 Å². The van der Waals surface area contributed by atoms with Crippen LogP contribution in [0, 0.1) is 24.2 Å². The summed E-state index contributed by atoms with van der Waals surface area (Å²) in [4.78, 5) is 0. The minimum atomic E-state index is 0.656. The zero-order valence-electron chi connectivity index (χ0n) is 13.9. The smallest absolute Gasteiger partial charge is 0.0780 e. The fourth-order valence-corrected chi connectivity index (χ4v) is 1.74. The van der Waals surface area contributed by atoms with E-state index < -0.39 is 0 Å². The summed E-state index contributed by atoms with van der Waals surface area (Å²) in [6.45, 7) is 15.2. The summed E-state index contributed by atoms with van der Waals surface area (Å²) in [6.07, 6.45) is 8.44. The van der Waals surface area contributed by atoms with Gasteiger partial charge in [0.25, 0.3) is 0 Å². The molecular formula is C18H30N4. The van der Waals surface area contributed by atoms with Crippen molar-refractivity contribution in [1.82, 2.24) is 21.3 Å². The quantitative estimate of drug-likeness (QED) is 0.288. The molecule has 4 heteroatoms. The minimum Gasteiger partial charge on any atom is -0.379 e. The number of hydrogen-bond acceptors (Lipinski definition) is 4. The van der Waals surface area contributed by atoms with Crippen LogP contribution in [0.1, 0.15) is 26.2 Å². The Kier molecular flexibility index (Phi) is 14.2. The van der Waals surface area contributed by atoms with E-state index in [0.717, 1.165) is 64.2 Å². The highest BCUT2D eigenvalue weighted by atomic mass is 14.9. The normalized spacial score (nSPS) is 9.27. The number of terminal acetylenes is 1. The van der Waals surface area contributed by atoms with E-state index in [0.29, 0.717) is 5.70 Å². The van der Waals surface area contributed by atoms with E-state index in [1.165, 1.54) is 0 Å². The molecule has 0 fully saturated rings. The lowest BCUT2D eigenvalue weighted by atomic mass is 10.3. The average molecular weight is 302 g/mol. The molecule has 0 aliphatic carbocycles. The summed E-state index contributed by atoms with van der Waals surface area (Å²) in [5.41, 5.74) is 1.45. The molecule has 0 saturated heterocycles. The third-order valence-corrected chi connectivity index (χ3v) is 2.89. The van der Waals surface area contributed by atoms with Gasteiger partial charge < -0.3 is 21.3 Å². The highest BCUT2D eigenvalue weighted by Crippen LogP contribution is 1.83. The highest BCUT2D eigenvalue weighted by molar-refractivity contribution is 5.22. The van der Waals surface area contributed by atoms with E-state index in [1.807, 2.05) is 6.92 Å². The first-order valence-corrected chi connectivity index (χ1v) is 7.87. The van der Waals surface area contributed by atoms with Crippen LogP contribution in [0.5, 0.6) is 0 Å². The molecule has 0 saturated carbocycles. The molecule has 4 N–H and O–H groups in total. The Balaban J connectivity index is 3.14. The van der Waals surface area contributed by atoms with Crippen LogP contribution in [0.3, 0.4) is 0 Å². The van der Waals surface area contributed by atoms with Crippen LogP contribution in [0.4, 0.5) is 0 Å². The topological polar surface area (TPSA) is 48.1 Å². The maximum Gasteiger partial charge on any atom is 0.0780 e. The molecule has 0 radical (unpaired) electrons. The van der Waals surface area contributed by atoms with Crippen LogP contribution < -0.4 is 21.3 Å². The zero-order valence-corrected chi connectivity index (χ0v) is 13.9. The summed E-state index contributed by atoms with van der Waals surface area (Å²) in [5, 5.41) is 13.1. The standard InChI is InChI=1S/C18H30N4/c1-5-10-18(4)22-16-9-14-20-12-7-11-19-13-8-15-21-17(3)6-2/h2,19-22H,3-4,7-9,11-16H2,1H3. The van der Waals surface area contributed by atoms with Crippen molar-refractivity contribution in [3.05, 3.63) is 24.6 Å². The molecule has 0 aromatic rings. The molecule has 0 spiro atoms. The van der Waals surface area contributed by atoms with Crippen molar-refractivity contribution in [1.29, 1.82) is 0 Å². The molecule has 0 atom stereocenters. The molecule has 0 heterocycles. The lowest BCUT2D eigenvalue weighted by molar-refractivity contribution is 0.567. The maximum absolute atomic E-state index is 5.19. The SMILES string of the molecule is C#CC(=C)NCCCNCCCNCCCNC(=C)C#CC. The third-order valence-electron chi connectivity index (χ3n) is 2.89. The van der Waals surface area contributed by atoms with E-state index >= 15 is 0 Å². The number of hydrogen-bond donors (Lipinski definition) is 4. The Morgan fingerprint density at radius 1 is 0.818 bits per heavy atom. The number of rotatable bonds is 14. The Bertz CT molecular complexity index is 409. The molecule has 0 bridgehead atoms. The predicted molar refractivity (Wildman–Crippen MR) is 96.2 cm³/mol. The fraction of sp³-hybridized carbons (Fsp3) is 0.556. The van der Waals surface area contributed by atoms with Gasteiger partial charge in [-0.1, -0.05) is 30.9 Å². The van der Waals surface area contributed by atoms with E-state index in [-0.39, 0.29) is 0 Å². The van der Waals surface area contributed by atoms with Gasteiger partial charge in [-0.15, -0.1) is 6.42 Å². The zero-order chi connectivity index (χ0) is 16.5. The van der Waals surface area contributed by atoms with Crippen LogP contribution in [0.15, 0.2) is 24.6 Å². The average Bonchev–Trinajstić information content (AvgIpc) is 2.51. The van der Waals surface area contributed by atoms with Crippen molar-refractivity contribution < 1.29 is 0 Å². The molecule has 0 rings (SSSR count). The van der Waals surface area contributed by atoms with Gasteiger partial charge in [0.05, 0.1) is 11.4 Å². The second-order valence-electron chi connectivity index (χ2n) is 4.89. The molecule has 4 nitrogen and oxygen atoms in total. The van der Waals surface area contributed by atoms with Crippen LogP contribution in [-0.2, 0) is 0 Å². The third kappa shape index (κ3) is 14.5. The summed E-state index contributed by atoms with van der Waals surface area (Å²) in [5.74, 6) is 8.18. The molecule has 0 aliphatic heterocycles. The highest BCUT2D eigenvalue weighted by Gasteiger charge is 1.92. The van der Waals surface area contributed by atoms with Crippen LogP contribution in [-0.4, -0.2) is 39.3 Å². The second kappa shape index (κ2) is 15.5. The van der Waals surface area contributed by atoms with Gasteiger partial charge in [-0.3, -0.25) is 0 Å². The van der Waals surface area contributed by atoms with Crippen LogP contribution >= 0.6 is 0 Å². The van der Waals surface area contributed by atoms with Gasteiger partial charge in [0.2, 0.25) is 0 Å². The Hall–Kier alpha value is -1.88. The van der Waals surface area contributed by atoms with Gasteiger partial charge >= 0.3 is 0 Å². The lowest BCUT2D eigenvalue weighted by Gasteiger charge is -2.08. The number of allylic oxidation sites excluding steroid dienone is 2. The van der Waals surface area contributed by atoms with Gasteiger partial charge in [-0.2, -0.15) is 0 Å². The number of nitrogens with one attached hydrogen (secondary N) is 4. The van der Waals surface area contributed by atoms with E-state index in [1.54, 1.807) is 0 Å². The monoisotopic (exact) mass is 302 g/mol. The molecule has 0 aromatic carbocycles. The van der Waals surface area contributed by atoms with Crippen LogP contribution in [0.2, 0.25) is 0 Å². The van der Waals surface area contributed by atoms with Gasteiger partial charge in [-0.05, 0) is 52.4 Å². The summed E-state index contributed by atoms with van der Waals surface area (Å²) in [6, 6.07) is 0. The predicted octanol–water partition coefficient (Wildman–Crippen LogP) is 1.20. The molecule has 0 aromatic heterocycles. The minimum absolute atomic E-state index is 0.656. The molecule has 0 aliphatic rings. The van der Waals surface area contributed by atoms with Gasteiger partial charge in [0.15, 0.2) is 0 Å². The fourth-order valence-electron chi connectivity index (χ4n) is 1.74. The first kappa shape index (κ1) is 20.1. The first-order valence-electron chi connectivity index (χ1n) is 7.87. The van der Waals surface area contributed by atoms with Gasteiger partial charge in [-0.25, -0.2) is 0 Å². The first-order chi connectivity index (χ1) is 10.7. The molecule has 0 unspecified atom stereocenters. The summed E-state index contributed by atoms with van der Waals surface area (Å²) in [7, 11) is 0. The molecule has 122 valence electrons. The molecular weight excluding hydrogens is 272 g/mol. The molecule has 0 amide bonds. The van der Waals surface area contributed by atoms with Crippen molar-refractivity contribution in [3.63, 3.8) is 0 Å². The Labute approximate surface area is 136 Å². The lowest BCUT2D eigenvalue weighted by Crippen LogP contribution is -2.26.